The van der Waals surface area contributed by atoms with Crippen molar-refractivity contribution >= 4 is 17.2 Å². The van der Waals surface area contributed by atoms with Gasteiger partial charge in [0.2, 0.25) is 0 Å². The third-order valence-electron chi connectivity index (χ3n) is 3.50. The van der Waals surface area contributed by atoms with E-state index in [0.717, 1.165) is 30.9 Å². The number of aromatic nitrogens is 3. The van der Waals surface area contributed by atoms with E-state index in [1.54, 1.807) is 10.9 Å². The molecule has 0 spiro atoms. The molecule has 5 nitrogen and oxygen atoms in total. The van der Waals surface area contributed by atoms with Crippen molar-refractivity contribution in [1.29, 1.82) is 0 Å². The van der Waals surface area contributed by atoms with Gasteiger partial charge in [0.15, 0.2) is 0 Å². The topological polar surface area (TPSA) is 51.0 Å². The van der Waals surface area contributed by atoms with E-state index < -0.39 is 0 Å². The summed E-state index contributed by atoms with van der Waals surface area (Å²) in [4.78, 5) is 23.0. The molecule has 1 saturated heterocycles. The van der Waals surface area contributed by atoms with Crippen molar-refractivity contribution in [1.82, 2.24) is 19.4 Å². The summed E-state index contributed by atoms with van der Waals surface area (Å²) < 4.78 is 2.02. The minimum absolute atomic E-state index is 0.0180. The molecule has 6 heteroatoms. The van der Waals surface area contributed by atoms with E-state index in [1.807, 2.05) is 29.6 Å². The molecule has 1 amide bonds. The van der Waals surface area contributed by atoms with Gasteiger partial charge in [0, 0.05) is 25.2 Å². The highest BCUT2D eigenvalue weighted by atomic mass is 32.1. The first-order chi connectivity index (χ1) is 9.16. The van der Waals surface area contributed by atoms with Gasteiger partial charge in [-0.15, -0.1) is 11.3 Å². The molecular weight excluding hydrogens is 260 g/mol. The average Bonchev–Trinajstić information content (AvgIpc) is 3.08. The van der Waals surface area contributed by atoms with Gasteiger partial charge >= 0.3 is 0 Å². The molecule has 0 N–H and O–H groups in total. The molecule has 1 unspecified atom stereocenters. The molecule has 0 saturated carbocycles. The van der Waals surface area contributed by atoms with Crippen LogP contribution >= 0.6 is 11.3 Å². The molecule has 1 aliphatic rings. The Labute approximate surface area is 115 Å². The Hall–Kier alpha value is -1.69. The van der Waals surface area contributed by atoms with E-state index in [0.29, 0.717) is 5.69 Å². The number of likely N-dealkylation sites (tertiary alicyclic amines) is 1. The Kier molecular flexibility index (Phi) is 3.10. The van der Waals surface area contributed by atoms with Crippen molar-refractivity contribution in [2.24, 2.45) is 7.05 Å². The van der Waals surface area contributed by atoms with Crippen LogP contribution in [0.4, 0.5) is 0 Å². The highest BCUT2D eigenvalue weighted by Crippen LogP contribution is 2.32. The van der Waals surface area contributed by atoms with Gasteiger partial charge in [-0.3, -0.25) is 4.79 Å². The lowest BCUT2D eigenvalue weighted by Gasteiger charge is -2.23. The van der Waals surface area contributed by atoms with E-state index >= 15 is 0 Å². The third-order valence-corrected chi connectivity index (χ3v) is 4.08. The molecule has 1 atom stereocenters. The van der Waals surface area contributed by atoms with Crippen LogP contribution in [0.3, 0.4) is 0 Å². The maximum atomic E-state index is 12.4. The number of hydrogen-bond donors (Lipinski definition) is 0. The Bertz CT molecular complexity index is 590. The van der Waals surface area contributed by atoms with E-state index in [9.17, 15) is 4.79 Å². The van der Waals surface area contributed by atoms with Crippen LogP contribution in [0, 0.1) is 6.92 Å². The fourth-order valence-electron chi connectivity index (χ4n) is 2.69. The fraction of sp³-hybridized carbons (Fsp3) is 0.462. The summed E-state index contributed by atoms with van der Waals surface area (Å²) >= 11 is 1.45. The number of imidazole rings is 1. The molecule has 2 aromatic heterocycles. The van der Waals surface area contributed by atoms with Crippen LogP contribution in [0.2, 0.25) is 0 Å². The number of rotatable bonds is 2. The summed E-state index contributed by atoms with van der Waals surface area (Å²) in [5, 5.41) is 1.81. The fourth-order valence-corrected chi connectivity index (χ4v) is 3.21. The van der Waals surface area contributed by atoms with Crippen molar-refractivity contribution in [3.63, 3.8) is 0 Å². The van der Waals surface area contributed by atoms with Crippen molar-refractivity contribution in [3.05, 3.63) is 34.3 Å². The number of aryl methyl sites for hydroxylation is 2. The van der Waals surface area contributed by atoms with Gasteiger partial charge in [0.1, 0.15) is 11.5 Å². The second-order valence-corrected chi connectivity index (χ2v) is 5.60. The van der Waals surface area contributed by atoms with Gasteiger partial charge < -0.3 is 9.47 Å². The van der Waals surface area contributed by atoms with E-state index in [-0.39, 0.29) is 11.9 Å². The molecule has 19 heavy (non-hydrogen) atoms. The Balaban J connectivity index is 1.90. The SMILES string of the molecule is Cc1cn(C)c(C2CCCN2C(=O)c2cscn2)n1. The number of amides is 1. The highest BCUT2D eigenvalue weighted by molar-refractivity contribution is 7.07. The van der Waals surface area contributed by atoms with Crippen molar-refractivity contribution in [2.45, 2.75) is 25.8 Å². The van der Waals surface area contributed by atoms with Crippen LogP contribution < -0.4 is 0 Å². The van der Waals surface area contributed by atoms with Gasteiger partial charge in [0.25, 0.3) is 5.91 Å². The summed E-state index contributed by atoms with van der Waals surface area (Å²) in [7, 11) is 1.99. The van der Waals surface area contributed by atoms with Crippen LogP contribution in [0.25, 0.3) is 0 Å². The molecular formula is C13H16N4OS. The second-order valence-electron chi connectivity index (χ2n) is 4.88. The zero-order chi connectivity index (χ0) is 13.4. The molecule has 0 aromatic carbocycles. The zero-order valence-electron chi connectivity index (χ0n) is 11.0. The van der Waals surface area contributed by atoms with Crippen LogP contribution in [-0.4, -0.2) is 31.9 Å². The lowest BCUT2D eigenvalue weighted by molar-refractivity contribution is 0.0723. The van der Waals surface area contributed by atoms with Gasteiger partial charge in [-0.1, -0.05) is 0 Å². The number of carbonyl (C=O) groups excluding carboxylic acids is 1. The lowest BCUT2D eigenvalue weighted by atomic mass is 10.2. The van der Waals surface area contributed by atoms with Crippen molar-refractivity contribution in [2.75, 3.05) is 6.54 Å². The molecule has 2 aromatic rings. The maximum Gasteiger partial charge on any atom is 0.273 e. The predicted molar refractivity (Wildman–Crippen MR) is 73.1 cm³/mol. The van der Waals surface area contributed by atoms with Gasteiger partial charge in [0.05, 0.1) is 17.2 Å². The first kappa shape index (κ1) is 12.3. The van der Waals surface area contributed by atoms with E-state index in [4.69, 9.17) is 0 Å². The predicted octanol–water partition coefficient (Wildman–Crippen LogP) is 2.16. The summed E-state index contributed by atoms with van der Waals surface area (Å²) in [5.74, 6) is 0.989. The second kappa shape index (κ2) is 4.77. The van der Waals surface area contributed by atoms with E-state index in [1.165, 1.54) is 11.3 Å². The molecule has 0 bridgehead atoms. The van der Waals surface area contributed by atoms with Crippen LogP contribution in [0.1, 0.15) is 40.9 Å². The summed E-state index contributed by atoms with van der Waals surface area (Å²) in [5.41, 5.74) is 3.23. The number of thiazole rings is 1. The molecule has 1 fully saturated rings. The molecule has 3 heterocycles. The van der Waals surface area contributed by atoms with Gasteiger partial charge in [-0.05, 0) is 19.8 Å². The first-order valence-electron chi connectivity index (χ1n) is 6.36. The summed E-state index contributed by atoms with van der Waals surface area (Å²) in [6.45, 7) is 2.76. The largest absolute Gasteiger partial charge is 0.336 e. The molecule has 0 aliphatic carbocycles. The molecule has 0 radical (unpaired) electrons. The Morgan fingerprint density at radius 2 is 2.37 bits per heavy atom. The molecule has 3 rings (SSSR count). The van der Waals surface area contributed by atoms with Crippen LogP contribution in [0.5, 0.6) is 0 Å². The van der Waals surface area contributed by atoms with Crippen molar-refractivity contribution < 1.29 is 4.79 Å². The van der Waals surface area contributed by atoms with Gasteiger partial charge in [-0.25, -0.2) is 9.97 Å². The maximum absolute atomic E-state index is 12.4. The monoisotopic (exact) mass is 276 g/mol. The molecule has 100 valence electrons. The smallest absolute Gasteiger partial charge is 0.273 e. The average molecular weight is 276 g/mol. The van der Waals surface area contributed by atoms with Gasteiger partial charge in [-0.2, -0.15) is 0 Å². The Morgan fingerprint density at radius 1 is 1.53 bits per heavy atom. The van der Waals surface area contributed by atoms with Crippen LogP contribution in [0.15, 0.2) is 17.1 Å². The minimum atomic E-state index is 0.0180. The first-order valence-corrected chi connectivity index (χ1v) is 7.30. The Morgan fingerprint density at radius 3 is 3.00 bits per heavy atom. The number of hydrogen-bond acceptors (Lipinski definition) is 4. The highest BCUT2D eigenvalue weighted by Gasteiger charge is 2.33. The van der Waals surface area contributed by atoms with Crippen molar-refractivity contribution in [3.8, 4) is 0 Å². The number of carbonyl (C=O) groups is 1. The third kappa shape index (κ3) is 2.16. The quantitative estimate of drug-likeness (QED) is 0.844. The minimum Gasteiger partial charge on any atom is -0.336 e. The summed E-state index contributed by atoms with van der Waals surface area (Å²) in [6.07, 6.45) is 3.99. The molecule has 1 aliphatic heterocycles. The lowest BCUT2D eigenvalue weighted by Crippen LogP contribution is -2.32. The summed E-state index contributed by atoms with van der Waals surface area (Å²) in [6, 6.07) is 0.0768. The number of nitrogens with zero attached hydrogens (tertiary/aromatic N) is 4. The van der Waals surface area contributed by atoms with E-state index in [2.05, 4.69) is 9.97 Å². The standard InChI is InChI=1S/C13H16N4OS/c1-9-6-16(2)12(15-9)11-4-3-5-17(11)13(18)10-7-19-8-14-10/h6-8,11H,3-5H2,1-2H3. The van der Waals surface area contributed by atoms with Crippen LogP contribution in [-0.2, 0) is 7.05 Å². The zero-order valence-corrected chi connectivity index (χ0v) is 11.9. The normalized spacial score (nSPS) is 19.1.